The SMILES string of the molecule is CCN1CCOC(CNC(=O)c2ccc(N)c(OC)c2)C1. The van der Waals surface area contributed by atoms with Gasteiger partial charge in [0.1, 0.15) is 5.75 Å². The van der Waals surface area contributed by atoms with Gasteiger partial charge in [-0.1, -0.05) is 6.92 Å². The maximum absolute atomic E-state index is 12.1. The standard InChI is InChI=1S/C15H23N3O3/c1-3-18-6-7-21-12(10-18)9-17-15(19)11-4-5-13(16)14(8-11)20-2/h4-5,8,12H,3,6-7,9-10,16H2,1-2H3,(H,17,19). The van der Waals surface area contributed by atoms with Gasteiger partial charge in [-0.3, -0.25) is 9.69 Å². The van der Waals surface area contributed by atoms with E-state index in [0.29, 0.717) is 30.2 Å². The molecule has 0 spiro atoms. The number of hydrogen-bond donors (Lipinski definition) is 2. The zero-order chi connectivity index (χ0) is 15.2. The maximum atomic E-state index is 12.1. The van der Waals surface area contributed by atoms with Crippen LogP contribution in [0.2, 0.25) is 0 Å². The highest BCUT2D eigenvalue weighted by molar-refractivity contribution is 5.95. The van der Waals surface area contributed by atoms with Crippen molar-refractivity contribution < 1.29 is 14.3 Å². The molecule has 1 aliphatic heterocycles. The Kier molecular flexibility index (Phi) is 5.41. The number of likely N-dealkylation sites (N-methyl/N-ethyl adjacent to an activating group) is 1. The Bertz CT molecular complexity index is 493. The molecule has 1 atom stereocenters. The number of amides is 1. The minimum Gasteiger partial charge on any atom is -0.495 e. The second-order valence-corrected chi connectivity index (χ2v) is 5.05. The highest BCUT2D eigenvalue weighted by Crippen LogP contribution is 2.22. The minimum atomic E-state index is -0.148. The van der Waals surface area contributed by atoms with Gasteiger partial charge in [-0.2, -0.15) is 0 Å². The fourth-order valence-electron chi connectivity index (χ4n) is 2.35. The number of methoxy groups -OCH3 is 1. The predicted molar refractivity (Wildman–Crippen MR) is 81.6 cm³/mol. The van der Waals surface area contributed by atoms with E-state index in [0.717, 1.165) is 19.6 Å². The van der Waals surface area contributed by atoms with Gasteiger partial charge in [0.15, 0.2) is 0 Å². The molecule has 1 unspecified atom stereocenters. The van der Waals surface area contributed by atoms with Gasteiger partial charge in [0.2, 0.25) is 0 Å². The molecule has 0 aliphatic carbocycles. The van der Waals surface area contributed by atoms with Gasteiger partial charge in [0, 0.05) is 25.2 Å². The molecule has 1 aliphatic rings. The normalized spacial score (nSPS) is 19.2. The van der Waals surface area contributed by atoms with Crippen molar-refractivity contribution in [2.45, 2.75) is 13.0 Å². The van der Waals surface area contributed by atoms with Crippen LogP contribution < -0.4 is 15.8 Å². The number of nitrogens with zero attached hydrogens (tertiary/aromatic N) is 1. The monoisotopic (exact) mass is 293 g/mol. The summed E-state index contributed by atoms with van der Waals surface area (Å²) in [4.78, 5) is 14.5. The molecule has 1 amide bonds. The van der Waals surface area contributed by atoms with Gasteiger partial charge in [-0.25, -0.2) is 0 Å². The first-order valence-corrected chi connectivity index (χ1v) is 7.19. The van der Waals surface area contributed by atoms with Crippen LogP contribution in [0.15, 0.2) is 18.2 Å². The lowest BCUT2D eigenvalue weighted by molar-refractivity contribution is -0.0246. The summed E-state index contributed by atoms with van der Waals surface area (Å²) in [5.41, 5.74) is 6.79. The number of hydrogen-bond acceptors (Lipinski definition) is 5. The number of rotatable bonds is 5. The van der Waals surface area contributed by atoms with Gasteiger partial charge in [0.25, 0.3) is 5.91 Å². The summed E-state index contributed by atoms with van der Waals surface area (Å²) in [6, 6.07) is 5.00. The Morgan fingerprint density at radius 3 is 3.10 bits per heavy atom. The number of ether oxygens (including phenoxy) is 2. The molecule has 1 fully saturated rings. The van der Waals surface area contributed by atoms with Crippen LogP contribution in [0.5, 0.6) is 5.75 Å². The van der Waals surface area contributed by atoms with Crippen LogP contribution in [-0.2, 0) is 4.74 Å². The average Bonchev–Trinajstić information content (AvgIpc) is 2.53. The van der Waals surface area contributed by atoms with E-state index in [1.165, 1.54) is 7.11 Å². The molecule has 0 bridgehead atoms. The van der Waals surface area contributed by atoms with E-state index >= 15 is 0 Å². The van der Waals surface area contributed by atoms with Crippen molar-refractivity contribution in [3.05, 3.63) is 23.8 Å². The van der Waals surface area contributed by atoms with Crippen molar-refractivity contribution in [1.82, 2.24) is 10.2 Å². The fourth-order valence-corrected chi connectivity index (χ4v) is 2.35. The van der Waals surface area contributed by atoms with Crippen LogP contribution in [0.1, 0.15) is 17.3 Å². The van der Waals surface area contributed by atoms with Crippen molar-refractivity contribution in [2.75, 3.05) is 45.6 Å². The van der Waals surface area contributed by atoms with Gasteiger partial charge in [0.05, 0.1) is 25.5 Å². The van der Waals surface area contributed by atoms with E-state index < -0.39 is 0 Å². The Hall–Kier alpha value is -1.79. The van der Waals surface area contributed by atoms with E-state index in [9.17, 15) is 4.79 Å². The van der Waals surface area contributed by atoms with Crippen LogP contribution in [0.3, 0.4) is 0 Å². The summed E-state index contributed by atoms with van der Waals surface area (Å²) in [7, 11) is 1.53. The van der Waals surface area contributed by atoms with E-state index in [1.54, 1.807) is 18.2 Å². The second kappa shape index (κ2) is 7.28. The first-order valence-electron chi connectivity index (χ1n) is 7.19. The van der Waals surface area contributed by atoms with Crippen LogP contribution in [0.4, 0.5) is 5.69 Å². The smallest absolute Gasteiger partial charge is 0.251 e. The molecular formula is C15H23N3O3. The first kappa shape index (κ1) is 15.6. The maximum Gasteiger partial charge on any atom is 0.251 e. The lowest BCUT2D eigenvalue weighted by Gasteiger charge is -2.32. The van der Waals surface area contributed by atoms with E-state index in [-0.39, 0.29) is 12.0 Å². The van der Waals surface area contributed by atoms with Crippen LogP contribution in [-0.4, -0.2) is 56.8 Å². The van der Waals surface area contributed by atoms with Crippen molar-refractivity contribution in [2.24, 2.45) is 0 Å². The Balaban J connectivity index is 1.89. The summed E-state index contributed by atoms with van der Waals surface area (Å²) < 4.78 is 10.8. The number of morpholine rings is 1. The molecule has 2 rings (SSSR count). The highest BCUT2D eigenvalue weighted by Gasteiger charge is 2.20. The zero-order valence-electron chi connectivity index (χ0n) is 12.6. The zero-order valence-corrected chi connectivity index (χ0v) is 12.6. The molecule has 21 heavy (non-hydrogen) atoms. The molecule has 116 valence electrons. The van der Waals surface area contributed by atoms with Gasteiger partial charge < -0.3 is 20.5 Å². The quantitative estimate of drug-likeness (QED) is 0.783. The summed E-state index contributed by atoms with van der Waals surface area (Å²) in [5, 5.41) is 2.90. The second-order valence-electron chi connectivity index (χ2n) is 5.05. The van der Waals surface area contributed by atoms with Crippen molar-refractivity contribution >= 4 is 11.6 Å². The average molecular weight is 293 g/mol. The number of nitrogens with one attached hydrogen (secondary N) is 1. The largest absolute Gasteiger partial charge is 0.495 e. The minimum absolute atomic E-state index is 0.0401. The van der Waals surface area contributed by atoms with Crippen molar-refractivity contribution in [1.29, 1.82) is 0 Å². The van der Waals surface area contributed by atoms with E-state index in [2.05, 4.69) is 17.1 Å². The Morgan fingerprint density at radius 2 is 2.38 bits per heavy atom. The van der Waals surface area contributed by atoms with Crippen LogP contribution in [0.25, 0.3) is 0 Å². The van der Waals surface area contributed by atoms with Gasteiger partial charge in [-0.15, -0.1) is 0 Å². The molecule has 0 aromatic heterocycles. The first-order chi connectivity index (χ1) is 10.1. The number of anilines is 1. The molecule has 1 heterocycles. The number of nitrogen functional groups attached to an aromatic ring is 1. The number of carbonyl (C=O) groups is 1. The third-order valence-corrected chi connectivity index (χ3v) is 3.66. The molecule has 6 heteroatoms. The van der Waals surface area contributed by atoms with E-state index in [1.807, 2.05) is 0 Å². The predicted octanol–water partition coefficient (Wildman–Crippen LogP) is 0.728. The topological polar surface area (TPSA) is 76.8 Å². The third-order valence-electron chi connectivity index (χ3n) is 3.66. The lowest BCUT2D eigenvalue weighted by Crippen LogP contribution is -2.47. The molecule has 1 saturated heterocycles. The lowest BCUT2D eigenvalue weighted by atomic mass is 10.1. The highest BCUT2D eigenvalue weighted by atomic mass is 16.5. The molecule has 0 saturated carbocycles. The van der Waals surface area contributed by atoms with Gasteiger partial charge >= 0.3 is 0 Å². The molecule has 6 nitrogen and oxygen atoms in total. The molecule has 1 aromatic rings. The summed E-state index contributed by atoms with van der Waals surface area (Å²) in [6.07, 6.45) is 0.0401. The molecule has 3 N–H and O–H groups in total. The number of carbonyl (C=O) groups excluding carboxylic acids is 1. The van der Waals surface area contributed by atoms with Crippen molar-refractivity contribution in [3.8, 4) is 5.75 Å². The molecule has 0 radical (unpaired) electrons. The van der Waals surface area contributed by atoms with E-state index in [4.69, 9.17) is 15.2 Å². The van der Waals surface area contributed by atoms with Crippen LogP contribution in [0, 0.1) is 0 Å². The number of nitrogens with two attached hydrogens (primary N) is 1. The molecular weight excluding hydrogens is 270 g/mol. The fraction of sp³-hybridized carbons (Fsp3) is 0.533. The van der Waals surface area contributed by atoms with Crippen molar-refractivity contribution in [3.63, 3.8) is 0 Å². The third kappa shape index (κ3) is 4.09. The summed E-state index contributed by atoms with van der Waals surface area (Å²) in [5.74, 6) is 0.360. The summed E-state index contributed by atoms with van der Waals surface area (Å²) in [6.45, 7) is 6.15. The molecule has 1 aromatic carbocycles. The van der Waals surface area contributed by atoms with Gasteiger partial charge in [-0.05, 0) is 24.7 Å². The summed E-state index contributed by atoms with van der Waals surface area (Å²) >= 11 is 0. The van der Waals surface area contributed by atoms with Crippen LogP contribution >= 0.6 is 0 Å². The number of benzene rings is 1. The Labute approximate surface area is 125 Å². The Morgan fingerprint density at radius 1 is 1.57 bits per heavy atom.